The molecule has 0 amide bonds. The molecular weight excluding hydrogens is 332 g/mol. The fourth-order valence-corrected chi connectivity index (χ4v) is 2.54. The molecule has 7 nitrogen and oxygen atoms in total. The Kier molecular flexibility index (Phi) is 11.2. The highest BCUT2D eigenvalue weighted by molar-refractivity contribution is 5.79. The van der Waals surface area contributed by atoms with Gasteiger partial charge in [-0.05, 0) is 37.6 Å². The van der Waals surface area contributed by atoms with E-state index in [2.05, 4.69) is 27.6 Å². The van der Waals surface area contributed by atoms with Crippen molar-refractivity contribution < 1.29 is 14.2 Å². The first-order valence-corrected chi connectivity index (χ1v) is 8.97. The molecule has 148 valence electrons. The minimum absolute atomic E-state index is 0.747. The largest absolute Gasteiger partial charge is 0.493 e. The van der Waals surface area contributed by atoms with E-state index in [0.29, 0.717) is 0 Å². The highest BCUT2D eigenvalue weighted by Gasteiger charge is 2.05. The summed E-state index contributed by atoms with van der Waals surface area (Å²) in [6.45, 7) is 4.43. The average Bonchev–Trinajstić information content (AvgIpc) is 2.66. The van der Waals surface area contributed by atoms with E-state index in [1.54, 1.807) is 28.4 Å². The third-order valence-corrected chi connectivity index (χ3v) is 4.05. The lowest BCUT2D eigenvalue weighted by atomic mass is 10.1. The lowest BCUT2D eigenvalue weighted by molar-refractivity contribution is 0.180. The van der Waals surface area contributed by atoms with E-state index in [9.17, 15) is 0 Å². The summed E-state index contributed by atoms with van der Waals surface area (Å²) < 4.78 is 15.7. The van der Waals surface area contributed by atoms with Gasteiger partial charge in [0, 0.05) is 46.9 Å². The molecule has 0 saturated heterocycles. The van der Waals surface area contributed by atoms with Gasteiger partial charge in [0.2, 0.25) is 0 Å². The summed E-state index contributed by atoms with van der Waals surface area (Å²) in [5.41, 5.74) is 1.18. The van der Waals surface area contributed by atoms with Gasteiger partial charge in [-0.15, -0.1) is 0 Å². The number of rotatable bonds is 12. The van der Waals surface area contributed by atoms with Crippen molar-refractivity contribution in [2.24, 2.45) is 4.99 Å². The Morgan fingerprint density at radius 2 is 1.77 bits per heavy atom. The van der Waals surface area contributed by atoms with E-state index in [1.807, 2.05) is 18.2 Å². The SMILES string of the molecule is CN=C(NCCc1ccc(OC)c(OC)c1)NCCN(C)CCCOC. The molecule has 0 bridgehead atoms. The normalized spacial score (nSPS) is 11.5. The molecule has 0 radical (unpaired) electrons. The van der Waals surface area contributed by atoms with Gasteiger partial charge in [0.05, 0.1) is 14.2 Å². The maximum Gasteiger partial charge on any atom is 0.191 e. The summed E-state index contributed by atoms with van der Waals surface area (Å²) in [7, 11) is 8.93. The van der Waals surface area contributed by atoms with Crippen LogP contribution in [0.2, 0.25) is 0 Å². The number of nitrogens with zero attached hydrogens (tertiary/aromatic N) is 2. The topological polar surface area (TPSA) is 67.4 Å². The van der Waals surface area contributed by atoms with Crippen molar-refractivity contribution >= 4 is 5.96 Å². The first-order valence-electron chi connectivity index (χ1n) is 8.97. The first-order chi connectivity index (χ1) is 12.6. The molecule has 26 heavy (non-hydrogen) atoms. The van der Waals surface area contributed by atoms with Gasteiger partial charge in [0.1, 0.15) is 0 Å². The number of methoxy groups -OCH3 is 3. The van der Waals surface area contributed by atoms with Crippen LogP contribution in [0.4, 0.5) is 0 Å². The second kappa shape index (κ2) is 13.2. The van der Waals surface area contributed by atoms with Gasteiger partial charge in [0.15, 0.2) is 17.5 Å². The fourth-order valence-electron chi connectivity index (χ4n) is 2.54. The number of benzene rings is 1. The molecule has 1 aromatic carbocycles. The van der Waals surface area contributed by atoms with Crippen molar-refractivity contribution in [1.29, 1.82) is 0 Å². The van der Waals surface area contributed by atoms with Crippen LogP contribution in [0.5, 0.6) is 11.5 Å². The van der Waals surface area contributed by atoms with Crippen LogP contribution in [0.25, 0.3) is 0 Å². The number of nitrogens with one attached hydrogen (secondary N) is 2. The molecule has 0 heterocycles. The first kappa shape index (κ1) is 22.1. The molecule has 7 heteroatoms. The van der Waals surface area contributed by atoms with E-state index >= 15 is 0 Å². The average molecular weight is 367 g/mol. The smallest absolute Gasteiger partial charge is 0.191 e. The van der Waals surface area contributed by atoms with Crippen LogP contribution in [0.1, 0.15) is 12.0 Å². The Bertz CT molecular complexity index is 538. The monoisotopic (exact) mass is 366 g/mol. The number of guanidine groups is 1. The summed E-state index contributed by atoms with van der Waals surface area (Å²) in [4.78, 5) is 6.54. The third kappa shape index (κ3) is 8.40. The van der Waals surface area contributed by atoms with E-state index < -0.39 is 0 Å². The standard InChI is InChI=1S/C19H34N4O3/c1-20-19(22-11-13-23(2)12-6-14-24-3)21-10-9-16-7-8-17(25-4)18(15-16)26-5/h7-8,15H,6,9-14H2,1-5H3,(H2,20,21,22). The predicted octanol–water partition coefficient (Wildman–Crippen LogP) is 1.38. The van der Waals surface area contributed by atoms with E-state index in [-0.39, 0.29) is 0 Å². The number of hydrogen-bond acceptors (Lipinski definition) is 5. The minimum Gasteiger partial charge on any atom is -0.493 e. The Labute approximate surface area is 157 Å². The highest BCUT2D eigenvalue weighted by Crippen LogP contribution is 2.27. The maximum atomic E-state index is 5.34. The Morgan fingerprint density at radius 1 is 1.04 bits per heavy atom. The van der Waals surface area contributed by atoms with Gasteiger partial charge in [-0.3, -0.25) is 4.99 Å². The Hall–Kier alpha value is -1.99. The van der Waals surface area contributed by atoms with Crippen molar-refractivity contribution in [1.82, 2.24) is 15.5 Å². The molecule has 1 aromatic rings. The molecule has 0 spiro atoms. The quantitative estimate of drug-likeness (QED) is 0.331. The molecular formula is C19H34N4O3. The van der Waals surface area contributed by atoms with Crippen molar-refractivity contribution in [3.05, 3.63) is 23.8 Å². The molecule has 0 aliphatic carbocycles. The zero-order valence-electron chi connectivity index (χ0n) is 16.8. The number of ether oxygens (including phenoxy) is 3. The second-order valence-electron chi connectivity index (χ2n) is 6.01. The van der Waals surface area contributed by atoms with Crippen LogP contribution in [0, 0.1) is 0 Å². The molecule has 0 aliphatic rings. The zero-order valence-corrected chi connectivity index (χ0v) is 16.8. The number of aliphatic imine (C=N–C) groups is 1. The van der Waals surface area contributed by atoms with Crippen LogP contribution < -0.4 is 20.1 Å². The molecule has 1 rings (SSSR count). The molecule has 0 fully saturated rings. The fraction of sp³-hybridized carbons (Fsp3) is 0.632. The van der Waals surface area contributed by atoms with Gasteiger partial charge in [0.25, 0.3) is 0 Å². The molecule has 0 aromatic heterocycles. The van der Waals surface area contributed by atoms with Crippen molar-refractivity contribution in [2.45, 2.75) is 12.8 Å². The predicted molar refractivity (Wildman–Crippen MR) is 107 cm³/mol. The highest BCUT2D eigenvalue weighted by atomic mass is 16.5. The van der Waals surface area contributed by atoms with Crippen LogP contribution in [0.3, 0.4) is 0 Å². The molecule has 2 N–H and O–H groups in total. The second-order valence-corrected chi connectivity index (χ2v) is 6.01. The summed E-state index contributed by atoms with van der Waals surface area (Å²) >= 11 is 0. The van der Waals surface area contributed by atoms with E-state index in [4.69, 9.17) is 14.2 Å². The third-order valence-electron chi connectivity index (χ3n) is 4.05. The summed E-state index contributed by atoms with van der Waals surface area (Å²) in [6, 6.07) is 5.99. The molecule has 0 unspecified atom stereocenters. The molecule has 0 atom stereocenters. The van der Waals surface area contributed by atoms with Crippen LogP contribution >= 0.6 is 0 Å². The lowest BCUT2D eigenvalue weighted by Gasteiger charge is -2.18. The maximum absolute atomic E-state index is 5.34. The van der Waals surface area contributed by atoms with Gasteiger partial charge < -0.3 is 29.7 Å². The van der Waals surface area contributed by atoms with Crippen molar-refractivity contribution in [2.75, 3.05) is 68.2 Å². The minimum atomic E-state index is 0.747. The van der Waals surface area contributed by atoms with Crippen LogP contribution in [0.15, 0.2) is 23.2 Å². The van der Waals surface area contributed by atoms with E-state index in [0.717, 1.165) is 63.1 Å². The van der Waals surface area contributed by atoms with Crippen molar-refractivity contribution in [3.63, 3.8) is 0 Å². The van der Waals surface area contributed by atoms with Crippen LogP contribution in [-0.2, 0) is 11.2 Å². The lowest BCUT2D eigenvalue weighted by Crippen LogP contribution is -2.41. The summed E-state index contributed by atoms with van der Waals surface area (Å²) in [6.07, 6.45) is 1.92. The molecule has 0 saturated carbocycles. The molecule has 0 aliphatic heterocycles. The summed E-state index contributed by atoms with van der Waals surface area (Å²) in [5, 5.41) is 6.68. The summed E-state index contributed by atoms with van der Waals surface area (Å²) in [5.74, 6) is 2.32. The van der Waals surface area contributed by atoms with Gasteiger partial charge in [-0.2, -0.15) is 0 Å². The van der Waals surface area contributed by atoms with Crippen molar-refractivity contribution in [3.8, 4) is 11.5 Å². The van der Waals surface area contributed by atoms with Gasteiger partial charge in [-0.25, -0.2) is 0 Å². The number of likely N-dealkylation sites (N-methyl/N-ethyl adjacent to an activating group) is 1. The number of hydrogen-bond donors (Lipinski definition) is 2. The Morgan fingerprint density at radius 3 is 2.42 bits per heavy atom. The Balaban J connectivity index is 2.30. The van der Waals surface area contributed by atoms with Gasteiger partial charge in [-0.1, -0.05) is 6.07 Å². The van der Waals surface area contributed by atoms with Gasteiger partial charge >= 0.3 is 0 Å². The zero-order chi connectivity index (χ0) is 19.2. The van der Waals surface area contributed by atoms with E-state index in [1.165, 1.54) is 5.56 Å². The van der Waals surface area contributed by atoms with Crippen LogP contribution in [-0.4, -0.2) is 79.1 Å².